The van der Waals surface area contributed by atoms with Gasteiger partial charge >= 0.3 is 6.09 Å². The van der Waals surface area contributed by atoms with Crippen LogP contribution in [-0.4, -0.2) is 59.9 Å². The zero-order chi connectivity index (χ0) is 22.9. The maximum absolute atomic E-state index is 12.3. The minimum Gasteiger partial charge on any atom is -0.444 e. The van der Waals surface area contributed by atoms with Crippen molar-refractivity contribution in [2.24, 2.45) is 0 Å². The van der Waals surface area contributed by atoms with Crippen LogP contribution in [0.4, 0.5) is 4.79 Å². The molecule has 0 saturated carbocycles. The van der Waals surface area contributed by atoms with E-state index in [0.29, 0.717) is 35.8 Å². The third kappa shape index (κ3) is 4.90. The van der Waals surface area contributed by atoms with Crippen molar-refractivity contribution in [1.29, 1.82) is 0 Å². The normalized spacial score (nSPS) is 16.2. The van der Waals surface area contributed by atoms with Crippen molar-refractivity contribution in [1.82, 2.24) is 24.6 Å². The first-order chi connectivity index (χ1) is 15.2. The van der Waals surface area contributed by atoms with Crippen molar-refractivity contribution in [3.8, 4) is 11.6 Å². The van der Waals surface area contributed by atoms with Gasteiger partial charge in [-0.15, -0.1) is 0 Å². The van der Waals surface area contributed by atoms with Crippen LogP contribution in [0.2, 0.25) is 0 Å². The molecule has 0 N–H and O–H groups in total. The van der Waals surface area contributed by atoms with Crippen molar-refractivity contribution >= 4 is 27.9 Å². The van der Waals surface area contributed by atoms with Gasteiger partial charge in [0.15, 0.2) is 5.65 Å². The van der Waals surface area contributed by atoms with Gasteiger partial charge in [0.1, 0.15) is 23.1 Å². The molecule has 1 saturated heterocycles. The predicted molar refractivity (Wildman–Crippen MR) is 120 cm³/mol. The Morgan fingerprint density at radius 1 is 1.12 bits per heavy atom. The topological polar surface area (TPSA) is 99.4 Å². The Morgan fingerprint density at radius 3 is 2.44 bits per heavy atom. The average molecular weight is 458 g/mol. The molecule has 3 heterocycles. The first-order valence-corrected chi connectivity index (χ1v) is 12.0. The van der Waals surface area contributed by atoms with Gasteiger partial charge in [0, 0.05) is 35.0 Å². The number of likely N-dealkylation sites (tertiary alicyclic amines) is 1. The molecule has 2 aromatic heterocycles. The van der Waals surface area contributed by atoms with E-state index in [1.165, 1.54) is 6.33 Å². The average Bonchev–Trinajstić information content (AvgIpc) is 3.18. The molecule has 4 rings (SSSR count). The van der Waals surface area contributed by atoms with Gasteiger partial charge in [0.25, 0.3) is 0 Å². The number of amides is 1. The summed E-state index contributed by atoms with van der Waals surface area (Å²) in [7, 11) is -1.04. The number of carbonyl (C=O) groups is 1. The van der Waals surface area contributed by atoms with E-state index in [1.54, 1.807) is 41.6 Å². The van der Waals surface area contributed by atoms with Crippen LogP contribution in [0.1, 0.15) is 39.7 Å². The molecule has 3 aromatic rings. The zero-order valence-electron chi connectivity index (χ0n) is 18.6. The van der Waals surface area contributed by atoms with Gasteiger partial charge in [-0.25, -0.2) is 19.4 Å². The Kier molecular flexibility index (Phi) is 6.14. The van der Waals surface area contributed by atoms with E-state index in [-0.39, 0.29) is 12.1 Å². The first-order valence-electron chi connectivity index (χ1n) is 10.5. The molecule has 1 aromatic carbocycles. The van der Waals surface area contributed by atoms with Crippen molar-refractivity contribution in [2.45, 2.75) is 50.2 Å². The third-order valence-corrected chi connectivity index (χ3v) is 6.12. The number of benzene rings is 1. The number of aromatic nitrogens is 4. The Hall–Kier alpha value is -3.01. The number of nitrogens with zero attached hydrogens (tertiary/aromatic N) is 5. The van der Waals surface area contributed by atoms with Crippen LogP contribution < -0.4 is 4.74 Å². The SMILES string of the molecule is CS(=O)c1ccc(Oc2ncnc3c2cnn3C2CCN(C(=O)OC(C)(C)C)CC2)cc1. The Labute approximate surface area is 189 Å². The van der Waals surface area contributed by atoms with Crippen LogP contribution >= 0.6 is 0 Å². The third-order valence-electron chi connectivity index (χ3n) is 5.19. The molecule has 1 aliphatic rings. The van der Waals surface area contributed by atoms with Crippen molar-refractivity contribution in [3.63, 3.8) is 0 Å². The first kappa shape index (κ1) is 22.2. The number of piperidine rings is 1. The molecule has 0 radical (unpaired) electrons. The number of hydrogen-bond acceptors (Lipinski definition) is 7. The van der Waals surface area contributed by atoms with E-state index in [9.17, 15) is 9.00 Å². The molecule has 0 aliphatic carbocycles. The van der Waals surface area contributed by atoms with Crippen LogP contribution in [0.15, 0.2) is 41.7 Å². The summed E-state index contributed by atoms with van der Waals surface area (Å²) in [5.41, 5.74) is 0.185. The van der Waals surface area contributed by atoms with Gasteiger partial charge in [0.05, 0.1) is 12.2 Å². The highest BCUT2D eigenvalue weighted by Crippen LogP contribution is 2.31. The molecule has 1 amide bonds. The van der Waals surface area contributed by atoms with Crippen LogP contribution in [0.3, 0.4) is 0 Å². The largest absolute Gasteiger partial charge is 0.444 e. The van der Waals surface area contributed by atoms with Crippen LogP contribution in [0.25, 0.3) is 11.0 Å². The lowest BCUT2D eigenvalue weighted by Gasteiger charge is -2.33. The lowest BCUT2D eigenvalue weighted by atomic mass is 10.1. The van der Waals surface area contributed by atoms with E-state index >= 15 is 0 Å². The highest BCUT2D eigenvalue weighted by atomic mass is 32.2. The van der Waals surface area contributed by atoms with Gasteiger partial charge in [0.2, 0.25) is 5.88 Å². The summed E-state index contributed by atoms with van der Waals surface area (Å²) in [6, 6.07) is 7.19. The molecule has 170 valence electrons. The van der Waals surface area contributed by atoms with E-state index in [2.05, 4.69) is 15.1 Å². The minimum atomic E-state index is -1.04. The molecule has 32 heavy (non-hydrogen) atoms. The Balaban J connectivity index is 1.48. The van der Waals surface area contributed by atoms with E-state index in [1.807, 2.05) is 25.5 Å². The number of rotatable bonds is 4. The lowest BCUT2D eigenvalue weighted by molar-refractivity contribution is 0.0186. The highest BCUT2D eigenvalue weighted by Gasteiger charge is 2.29. The summed E-state index contributed by atoms with van der Waals surface area (Å²) in [6.45, 7) is 6.80. The zero-order valence-corrected chi connectivity index (χ0v) is 19.5. The monoisotopic (exact) mass is 457 g/mol. The maximum Gasteiger partial charge on any atom is 0.410 e. The fourth-order valence-corrected chi connectivity index (χ4v) is 4.14. The number of hydrogen-bond donors (Lipinski definition) is 0. The van der Waals surface area contributed by atoms with Gasteiger partial charge in [-0.2, -0.15) is 5.10 Å². The quantitative estimate of drug-likeness (QED) is 0.585. The summed E-state index contributed by atoms with van der Waals surface area (Å²) >= 11 is 0. The van der Waals surface area contributed by atoms with Crippen LogP contribution in [0.5, 0.6) is 11.6 Å². The Morgan fingerprint density at radius 2 is 1.81 bits per heavy atom. The summed E-state index contributed by atoms with van der Waals surface area (Å²) in [5, 5.41) is 5.26. The number of ether oxygens (including phenoxy) is 2. The predicted octanol–water partition coefficient (Wildman–Crippen LogP) is 3.93. The second-order valence-corrected chi connectivity index (χ2v) is 10.1. The smallest absolute Gasteiger partial charge is 0.410 e. The second kappa shape index (κ2) is 8.85. The molecule has 1 unspecified atom stereocenters. The van der Waals surface area contributed by atoms with E-state index in [4.69, 9.17) is 9.47 Å². The van der Waals surface area contributed by atoms with Crippen molar-refractivity contribution in [3.05, 3.63) is 36.8 Å². The second-order valence-electron chi connectivity index (χ2n) is 8.73. The lowest BCUT2D eigenvalue weighted by Crippen LogP contribution is -2.42. The van der Waals surface area contributed by atoms with Crippen LogP contribution in [0, 0.1) is 0 Å². The molecule has 1 atom stereocenters. The fourth-order valence-electron chi connectivity index (χ4n) is 3.62. The summed E-state index contributed by atoms with van der Waals surface area (Å²) in [6.07, 6.45) is 6.03. The molecule has 0 spiro atoms. The van der Waals surface area contributed by atoms with Gasteiger partial charge in [-0.1, -0.05) is 0 Å². The summed E-state index contributed by atoms with van der Waals surface area (Å²) in [4.78, 5) is 23.5. The fraction of sp³-hybridized carbons (Fsp3) is 0.455. The Bertz CT molecular complexity index is 1130. The molecule has 10 heteroatoms. The highest BCUT2D eigenvalue weighted by molar-refractivity contribution is 7.84. The standard InChI is InChI=1S/C22H27N5O4S/c1-22(2,3)31-21(28)26-11-9-15(10-12-26)27-19-18(13-25-27)20(24-14-23-19)30-16-5-7-17(8-6-16)32(4)29/h5-8,13-15H,9-12H2,1-4H3. The molecule has 1 fully saturated rings. The van der Waals surface area contributed by atoms with Gasteiger partial charge in [-0.3, -0.25) is 4.21 Å². The molecule has 1 aliphatic heterocycles. The van der Waals surface area contributed by atoms with Crippen molar-refractivity contribution in [2.75, 3.05) is 19.3 Å². The number of fused-ring (bicyclic) bond motifs is 1. The minimum absolute atomic E-state index is 0.118. The number of carbonyl (C=O) groups excluding carboxylic acids is 1. The summed E-state index contributed by atoms with van der Waals surface area (Å²) in [5.74, 6) is 1.01. The van der Waals surface area contributed by atoms with Crippen LogP contribution in [-0.2, 0) is 15.5 Å². The molecule has 0 bridgehead atoms. The van der Waals surface area contributed by atoms with E-state index < -0.39 is 16.4 Å². The summed E-state index contributed by atoms with van der Waals surface area (Å²) < 4.78 is 24.9. The molecule has 9 nitrogen and oxygen atoms in total. The van der Waals surface area contributed by atoms with E-state index in [0.717, 1.165) is 17.7 Å². The maximum atomic E-state index is 12.3. The van der Waals surface area contributed by atoms with Crippen molar-refractivity contribution < 1.29 is 18.5 Å². The molecular formula is C22H27N5O4S. The van der Waals surface area contributed by atoms with Gasteiger partial charge in [-0.05, 0) is 57.9 Å². The van der Waals surface area contributed by atoms with Gasteiger partial charge < -0.3 is 14.4 Å². The molecular weight excluding hydrogens is 430 g/mol.